The first-order chi connectivity index (χ1) is 9.45. The minimum atomic E-state index is -0.945. The van der Waals surface area contributed by atoms with E-state index in [9.17, 15) is 4.79 Å². The fourth-order valence-corrected chi connectivity index (χ4v) is 3.06. The maximum Gasteiger partial charge on any atom is 0.246 e. The summed E-state index contributed by atoms with van der Waals surface area (Å²) >= 11 is 3.40. The molecule has 1 unspecified atom stereocenters. The van der Waals surface area contributed by atoms with Crippen LogP contribution in [-0.4, -0.2) is 23.9 Å². The number of likely N-dealkylation sites (tertiary alicyclic amines) is 1. The molecule has 3 nitrogen and oxygen atoms in total. The number of hydrogen-bond acceptors (Lipinski definition) is 2. The van der Waals surface area contributed by atoms with Gasteiger partial charge in [0.1, 0.15) is 5.54 Å². The van der Waals surface area contributed by atoms with Crippen molar-refractivity contribution in [1.82, 2.24) is 4.90 Å². The van der Waals surface area contributed by atoms with Crippen LogP contribution in [0.2, 0.25) is 0 Å². The lowest BCUT2D eigenvalue weighted by atomic mass is 9.89. The predicted octanol–water partition coefficient (Wildman–Crippen LogP) is 3.27. The van der Waals surface area contributed by atoms with E-state index in [2.05, 4.69) is 22.9 Å². The lowest BCUT2D eigenvalue weighted by Crippen LogP contribution is -2.52. The monoisotopic (exact) mass is 338 g/mol. The van der Waals surface area contributed by atoms with Gasteiger partial charge in [-0.05, 0) is 43.4 Å². The molecule has 110 valence electrons. The first-order valence-corrected chi connectivity index (χ1v) is 8.08. The Morgan fingerprint density at radius 1 is 1.35 bits per heavy atom. The first kappa shape index (κ1) is 15.5. The maximum atomic E-state index is 12.7. The van der Waals surface area contributed by atoms with E-state index in [0.717, 1.165) is 41.9 Å². The molecule has 20 heavy (non-hydrogen) atoms. The van der Waals surface area contributed by atoms with E-state index in [1.54, 1.807) is 0 Å². The molecule has 2 N–H and O–H groups in total. The third kappa shape index (κ3) is 3.23. The van der Waals surface area contributed by atoms with Crippen molar-refractivity contribution in [2.45, 2.75) is 38.6 Å². The molecule has 4 heteroatoms. The molecule has 0 bridgehead atoms. The molecule has 0 spiro atoms. The van der Waals surface area contributed by atoms with Gasteiger partial charge < -0.3 is 10.6 Å². The third-order valence-electron chi connectivity index (χ3n) is 4.37. The van der Waals surface area contributed by atoms with Crippen molar-refractivity contribution in [3.63, 3.8) is 0 Å². The Kier molecular flexibility index (Phi) is 4.86. The molecule has 1 atom stereocenters. The number of piperidine rings is 1. The van der Waals surface area contributed by atoms with Gasteiger partial charge in [0.2, 0.25) is 5.91 Å². The normalized spacial score (nSPS) is 19.7. The summed E-state index contributed by atoms with van der Waals surface area (Å²) in [6.45, 7) is 5.70. The van der Waals surface area contributed by atoms with Crippen LogP contribution in [0.3, 0.4) is 0 Å². The van der Waals surface area contributed by atoms with Crippen molar-refractivity contribution in [3.8, 4) is 0 Å². The van der Waals surface area contributed by atoms with E-state index in [-0.39, 0.29) is 5.91 Å². The van der Waals surface area contributed by atoms with Gasteiger partial charge in [-0.15, -0.1) is 0 Å². The number of nitrogens with zero attached hydrogens (tertiary/aromatic N) is 1. The fraction of sp³-hybridized carbons (Fsp3) is 0.562. The zero-order chi connectivity index (χ0) is 14.8. The van der Waals surface area contributed by atoms with E-state index in [1.165, 1.54) is 6.42 Å². The molecule has 1 fully saturated rings. The zero-order valence-corrected chi connectivity index (χ0v) is 13.8. The average molecular weight is 339 g/mol. The van der Waals surface area contributed by atoms with E-state index in [4.69, 9.17) is 5.73 Å². The highest BCUT2D eigenvalue weighted by molar-refractivity contribution is 9.10. The number of carbonyl (C=O) groups excluding carboxylic acids is 1. The second-order valence-electron chi connectivity index (χ2n) is 5.85. The molecule has 1 amide bonds. The molecule has 0 aromatic heterocycles. The quantitative estimate of drug-likeness (QED) is 0.919. The lowest BCUT2D eigenvalue weighted by molar-refractivity contribution is -0.138. The summed E-state index contributed by atoms with van der Waals surface area (Å²) in [6, 6.07) is 7.69. The van der Waals surface area contributed by atoms with Gasteiger partial charge in [0, 0.05) is 17.6 Å². The van der Waals surface area contributed by atoms with Crippen molar-refractivity contribution in [2.24, 2.45) is 11.7 Å². The number of halogens is 1. The van der Waals surface area contributed by atoms with Crippen molar-refractivity contribution < 1.29 is 4.79 Å². The van der Waals surface area contributed by atoms with Crippen molar-refractivity contribution in [1.29, 1.82) is 0 Å². The molecule has 1 saturated heterocycles. The summed E-state index contributed by atoms with van der Waals surface area (Å²) in [7, 11) is 0. The maximum absolute atomic E-state index is 12.7. The average Bonchev–Trinajstić information content (AvgIpc) is 2.47. The second-order valence-corrected chi connectivity index (χ2v) is 6.77. The van der Waals surface area contributed by atoms with Crippen LogP contribution in [0.25, 0.3) is 0 Å². The molecule has 1 aromatic carbocycles. The molecule has 1 aromatic rings. The van der Waals surface area contributed by atoms with E-state index >= 15 is 0 Å². The number of nitrogens with two attached hydrogens (primary N) is 1. The summed E-state index contributed by atoms with van der Waals surface area (Å²) < 4.78 is 0.994. The highest BCUT2D eigenvalue weighted by Gasteiger charge is 2.35. The molecule has 2 rings (SSSR count). The van der Waals surface area contributed by atoms with Crippen LogP contribution in [0.1, 0.15) is 38.7 Å². The highest BCUT2D eigenvalue weighted by atomic mass is 79.9. The largest absolute Gasteiger partial charge is 0.341 e. The van der Waals surface area contributed by atoms with Crippen LogP contribution < -0.4 is 5.73 Å². The predicted molar refractivity (Wildman–Crippen MR) is 85.3 cm³/mol. The van der Waals surface area contributed by atoms with E-state index in [0.29, 0.717) is 0 Å². The van der Waals surface area contributed by atoms with Gasteiger partial charge in [-0.2, -0.15) is 0 Å². The van der Waals surface area contributed by atoms with Crippen LogP contribution in [-0.2, 0) is 10.3 Å². The smallest absolute Gasteiger partial charge is 0.246 e. The number of amides is 1. The minimum absolute atomic E-state index is 0.0365. The Morgan fingerprint density at radius 2 is 1.90 bits per heavy atom. The van der Waals surface area contributed by atoms with Gasteiger partial charge in [-0.25, -0.2) is 0 Å². The van der Waals surface area contributed by atoms with Gasteiger partial charge in [-0.1, -0.05) is 41.4 Å². The SMILES string of the molecule is CCC1CCN(C(=O)C(C)(N)c2ccc(Br)cc2)CC1. The van der Waals surface area contributed by atoms with Crippen LogP contribution in [0.5, 0.6) is 0 Å². The first-order valence-electron chi connectivity index (χ1n) is 7.29. The Morgan fingerprint density at radius 3 is 2.40 bits per heavy atom. The number of benzene rings is 1. The third-order valence-corrected chi connectivity index (χ3v) is 4.90. The molecule has 0 saturated carbocycles. The number of carbonyl (C=O) groups is 1. The van der Waals surface area contributed by atoms with E-state index < -0.39 is 5.54 Å². The Balaban J connectivity index is 2.09. The van der Waals surface area contributed by atoms with Crippen molar-refractivity contribution in [2.75, 3.05) is 13.1 Å². The summed E-state index contributed by atoms with van der Waals surface area (Å²) in [5.74, 6) is 0.796. The second kappa shape index (κ2) is 6.27. The topological polar surface area (TPSA) is 46.3 Å². The summed E-state index contributed by atoms with van der Waals surface area (Å²) in [5, 5.41) is 0. The molecule has 1 aliphatic rings. The highest BCUT2D eigenvalue weighted by Crippen LogP contribution is 2.26. The summed E-state index contributed by atoms with van der Waals surface area (Å²) in [5.41, 5.74) is 6.24. The minimum Gasteiger partial charge on any atom is -0.341 e. The number of rotatable bonds is 3. The molecule has 0 radical (unpaired) electrons. The standard InChI is InChI=1S/C16H23BrN2O/c1-3-12-8-10-19(11-9-12)15(20)16(2,18)13-4-6-14(17)7-5-13/h4-7,12H,3,8-11,18H2,1-2H3. The van der Waals surface area contributed by atoms with Crippen LogP contribution in [0, 0.1) is 5.92 Å². The molecule has 1 aliphatic heterocycles. The molecule has 1 heterocycles. The van der Waals surface area contributed by atoms with Crippen molar-refractivity contribution >= 4 is 21.8 Å². The summed E-state index contributed by atoms with van der Waals surface area (Å²) in [6.07, 6.45) is 3.39. The zero-order valence-electron chi connectivity index (χ0n) is 12.2. The van der Waals surface area contributed by atoms with Crippen LogP contribution >= 0.6 is 15.9 Å². The van der Waals surface area contributed by atoms with Gasteiger partial charge in [0.15, 0.2) is 0 Å². The van der Waals surface area contributed by atoms with Gasteiger partial charge in [0.25, 0.3) is 0 Å². The summed E-state index contributed by atoms with van der Waals surface area (Å²) in [4.78, 5) is 14.6. The van der Waals surface area contributed by atoms with Crippen molar-refractivity contribution in [3.05, 3.63) is 34.3 Å². The molecular weight excluding hydrogens is 316 g/mol. The lowest BCUT2D eigenvalue weighted by Gasteiger charge is -2.36. The van der Waals surface area contributed by atoms with Gasteiger partial charge >= 0.3 is 0 Å². The van der Waals surface area contributed by atoms with Gasteiger partial charge in [0.05, 0.1) is 0 Å². The fourth-order valence-electron chi connectivity index (χ4n) is 2.79. The Bertz CT molecular complexity index is 462. The molecule has 0 aliphatic carbocycles. The van der Waals surface area contributed by atoms with Crippen LogP contribution in [0.15, 0.2) is 28.7 Å². The Hall–Kier alpha value is -0.870. The van der Waals surface area contributed by atoms with Gasteiger partial charge in [-0.3, -0.25) is 4.79 Å². The Labute approximate surface area is 129 Å². The van der Waals surface area contributed by atoms with E-state index in [1.807, 2.05) is 36.1 Å². The van der Waals surface area contributed by atoms with Crippen LogP contribution in [0.4, 0.5) is 0 Å². The molecular formula is C16H23BrN2O. The number of hydrogen-bond donors (Lipinski definition) is 1.